The van der Waals surface area contributed by atoms with Gasteiger partial charge < -0.3 is 4.74 Å². The van der Waals surface area contributed by atoms with E-state index in [9.17, 15) is 12.8 Å². The average Bonchev–Trinajstić information content (AvgIpc) is 3.23. The number of hydrogen-bond donors (Lipinski definition) is 1. The summed E-state index contributed by atoms with van der Waals surface area (Å²) in [4.78, 5) is 4.68. The maximum Gasteiger partial charge on any atom is 0.243 e. The Hall–Kier alpha value is -2.66. The van der Waals surface area contributed by atoms with Crippen LogP contribution in [0.15, 0.2) is 63.9 Å². The van der Waals surface area contributed by atoms with Crippen LogP contribution in [0.2, 0.25) is 0 Å². The lowest BCUT2D eigenvalue weighted by atomic mass is 10.2. The molecule has 1 aliphatic rings. The number of sulfonamides is 1. The van der Waals surface area contributed by atoms with Crippen molar-refractivity contribution < 1.29 is 17.5 Å². The van der Waals surface area contributed by atoms with E-state index in [1.54, 1.807) is 36.4 Å². The van der Waals surface area contributed by atoms with E-state index in [1.165, 1.54) is 27.9 Å². The Morgan fingerprint density at radius 3 is 2.69 bits per heavy atom. The number of ether oxygens (including phenoxy) is 1. The van der Waals surface area contributed by atoms with Crippen molar-refractivity contribution in [2.24, 2.45) is 5.10 Å². The zero-order valence-electron chi connectivity index (χ0n) is 17.6. The van der Waals surface area contributed by atoms with Crippen LogP contribution in [0.1, 0.15) is 19.4 Å². The summed E-state index contributed by atoms with van der Waals surface area (Å²) < 4.78 is 47.1. The van der Waals surface area contributed by atoms with E-state index in [-0.39, 0.29) is 22.9 Å². The molecule has 0 spiro atoms. The van der Waals surface area contributed by atoms with E-state index in [2.05, 4.69) is 15.5 Å². The molecule has 1 aromatic heterocycles. The molecule has 1 saturated heterocycles. The number of anilines is 1. The second-order valence-electron chi connectivity index (χ2n) is 7.54. The molecule has 0 saturated carbocycles. The fourth-order valence-corrected chi connectivity index (χ4v) is 5.79. The van der Waals surface area contributed by atoms with Crippen LogP contribution in [-0.2, 0) is 14.8 Å². The van der Waals surface area contributed by atoms with Crippen molar-refractivity contribution in [2.45, 2.75) is 31.0 Å². The highest BCUT2D eigenvalue weighted by Crippen LogP contribution is 2.28. The Kier molecular flexibility index (Phi) is 6.66. The van der Waals surface area contributed by atoms with Gasteiger partial charge in [-0.25, -0.2) is 17.8 Å². The summed E-state index contributed by atoms with van der Waals surface area (Å²) in [5.41, 5.74) is 4.46. The molecule has 0 amide bonds. The van der Waals surface area contributed by atoms with Gasteiger partial charge in [0, 0.05) is 29.6 Å². The van der Waals surface area contributed by atoms with Crippen LogP contribution in [0.3, 0.4) is 0 Å². The first kappa shape index (κ1) is 22.5. The van der Waals surface area contributed by atoms with Gasteiger partial charge in [0.2, 0.25) is 15.2 Å². The number of nitrogens with one attached hydrogen (secondary N) is 1. The average molecular weight is 475 g/mol. The molecule has 1 N–H and O–H groups in total. The predicted octanol–water partition coefficient (Wildman–Crippen LogP) is 4.19. The third-order valence-corrected chi connectivity index (χ3v) is 7.50. The smallest absolute Gasteiger partial charge is 0.243 e. The van der Waals surface area contributed by atoms with E-state index >= 15 is 0 Å². The number of aromatic nitrogens is 1. The fraction of sp³-hybridized carbons (Fsp3) is 0.273. The second kappa shape index (κ2) is 9.45. The molecule has 2 heterocycles. The molecule has 10 heteroatoms. The van der Waals surface area contributed by atoms with Gasteiger partial charge in [0.05, 0.1) is 29.0 Å². The molecule has 2 atom stereocenters. The summed E-state index contributed by atoms with van der Waals surface area (Å²) in [5.74, 6) is -0.361. The number of hydrazone groups is 1. The second-order valence-corrected chi connectivity index (χ2v) is 10.3. The van der Waals surface area contributed by atoms with Gasteiger partial charge in [0.15, 0.2) is 0 Å². The van der Waals surface area contributed by atoms with E-state index in [4.69, 9.17) is 4.74 Å². The normalized spacial score (nSPS) is 20.0. The van der Waals surface area contributed by atoms with Crippen LogP contribution < -0.4 is 5.43 Å². The highest BCUT2D eigenvalue weighted by Gasteiger charge is 2.32. The van der Waals surface area contributed by atoms with Gasteiger partial charge in [-0.05, 0) is 32.0 Å². The zero-order chi connectivity index (χ0) is 22.7. The first-order chi connectivity index (χ1) is 15.3. The van der Waals surface area contributed by atoms with Gasteiger partial charge in [-0.2, -0.15) is 9.41 Å². The molecule has 2 aromatic carbocycles. The van der Waals surface area contributed by atoms with Crippen molar-refractivity contribution in [3.8, 4) is 11.3 Å². The first-order valence-electron chi connectivity index (χ1n) is 10.1. The Bertz CT molecular complexity index is 1220. The summed E-state index contributed by atoms with van der Waals surface area (Å²) >= 11 is 1.32. The number of rotatable bonds is 6. The number of nitrogens with zero attached hydrogens (tertiary/aromatic N) is 3. The van der Waals surface area contributed by atoms with Gasteiger partial charge in [-0.1, -0.05) is 30.3 Å². The summed E-state index contributed by atoms with van der Waals surface area (Å²) in [5, 5.41) is 6.35. The minimum absolute atomic E-state index is 0.159. The van der Waals surface area contributed by atoms with Crippen molar-refractivity contribution in [1.82, 2.24) is 9.29 Å². The first-order valence-corrected chi connectivity index (χ1v) is 12.4. The van der Waals surface area contributed by atoms with Gasteiger partial charge in [-0.3, -0.25) is 5.43 Å². The molecule has 3 aromatic rings. The lowest BCUT2D eigenvalue weighted by Gasteiger charge is -2.34. The van der Waals surface area contributed by atoms with Crippen LogP contribution >= 0.6 is 11.3 Å². The molecule has 1 fully saturated rings. The maximum absolute atomic E-state index is 13.7. The standard InChI is InChI=1S/C22H23FN4O3S2/c1-15-12-27(13-16(2)30-15)32(28,29)19-8-5-7-17(10-19)21-14-31-22(25-21)26-24-11-18-6-3-4-9-20(18)23/h3-11,14-16H,12-13H2,1-2H3,(H,25,26)/b24-11+/t15-,16+. The van der Waals surface area contributed by atoms with E-state index in [1.807, 2.05) is 25.3 Å². The molecule has 4 rings (SSSR count). The van der Waals surface area contributed by atoms with Crippen molar-refractivity contribution in [1.29, 1.82) is 0 Å². The molecule has 7 nitrogen and oxygen atoms in total. The Morgan fingerprint density at radius 2 is 1.94 bits per heavy atom. The number of thiazole rings is 1. The quantitative estimate of drug-likeness (QED) is 0.428. The lowest BCUT2D eigenvalue weighted by molar-refractivity contribution is -0.0440. The lowest BCUT2D eigenvalue weighted by Crippen LogP contribution is -2.48. The van der Waals surface area contributed by atoms with E-state index in [0.717, 1.165) is 0 Å². The third kappa shape index (κ3) is 5.04. The summed E-state index contributed by atoms with van der Waals surface area (Å²) in [6.45, 7) is 4.38. The van der Waals surface area contributed by atoms with Gasteiger partial charge in [0.1, 0.15) is 5.82 Å². The Labute approximate surface area is 190 Å². The molecule has 1 aliphatic heterocycles. The maximum atomic E-state index is 13.7. The molecule has 0 unspecified atom stereocenters. The third-order valence-electron chi connectivity index (χ3n) is 4.93. The van der Waals surface area contributed by atoms with E-state index in [0.29, 0.717) is 35.0 Å². The molecular weight excluding hydrogens is 451 g/mol. The van der Waals surface area contributed by atoms with Gasteiger partial charge in [0.25, 0.3) is 0 Å². The van der Waals surface area contributed by atoms with Crippen molar-refractivity contribution >= 4 is 32.7 Å². The Morgan fingerprint density at radius 1 is 1.19 bits per heavy atom. The van der Waals surface area contributed by atoms with Crippen LogP contribution in [-0.4, -0.2) is 49.2 Å². The van der Waals surface area contributed by atoms with Gasteiger partial charge >= 0.3 is 0 Å². The van der Waals surface area contributed by atoms with Crippen molar-refractivity contribution in [3.63, 3.8) is 0 Å². The van der Waals surface area contributed by atoms with Crippen molar-refractivity contribution in [2.75, 3.05) is 18.5 Å². The van der Waals surface area contributed by atoms with Crippen molar-refractivity contribution in [3.05, 3.63) is 65.3 Å². The van der Waals surface area contributed by atoms with E-state index < -0.39 is 10.0 Å². The zero-order valence-corrected chi connectivity index (χ0v) is 19.2. The topological polar surface area (TPSA) is 83.9 Å². The van der Waals surface area contributed by atoms with Crippen LogP contribution in [0.25, 0.3) is 11.3 Å². The molecule has 0 radical (unpaired) electrons. The monoisotopic (exact) mass is 474 g/mol. The van der Waals surface area contributed by atoms with Gasteiger partial charge in [-0.15, -0.1) is 11.3 Å². The summed E-state index contributed by atoms with van der Waals surface area (Å²) in [7, 11) is -3.65. The molecule has 0 aliphatic carbocycles. The van der Waals surface area contributed by atoms with Crippen LogP contribution in [0.4, 0.5) is 9.52 Å². The molecule has 0 bridgehead atoms. The fourth-order valence-electron chi connectivity index (χ4n) is 3.49. The minimum atomic E-state index is -3.65. The number of halogens is 1. The number of benzene rings is 2. The highest BCUT2D eigenvalue weighted by atomic mass is 32.2. The summed E-state index contributed by atoms with van der Waals surface area (Å²) in [6.07, 6.45) is 1.07. The van der Waals surface area contributed by atoms with Crippen LogP contribution in [0, 0.1) is 5.82 Å². The summed E-state index contributed by atoms with van der Waals surface area (Å²) in [6, 6.07) is 13.1. The molecular formula is C22H23FN4O3S2. The molecule has 168 valence electrons. The highest BCUT2D eigenvalue weighted by molar-refractivity contribution is 7.89. The molecule has 32 heavy (non-hydrogen) atoms. The predicted molar refractivity (Wildman–Crippen MR) is 124 cm³/mol. The largest absolute Gasteiger partial charge is 0.373 e. The minimum Gasteiger partial charge on any atom is -0.373 e. The SMILES string of the molecule is C[C@@H]1CN(S(=O)(=O)c2cccc(-c3csc(N/N=C/c4ccccc4F)n3)c2)C[C@H](C)O1. The Balaban J connectivity index is 1.50. The number of hydrogen-bond acceptors (Lipinski definition) is 7. The van der Waals surface area contributed by atoms with Crippen LogP contribution in [0.5, 0.6) is 0 Å². The number of morpholine rings is 1.